The van der Waals surface area contributed by atoms with E-state index in [-0.39, 0.29) is 6.04 Å². The van der Waals surface area contributed by atoms with Gasteiger partial charge in [-0.05, 0) is 20.3 Å². The highest BCUT2D eigenvalue weighted by atomic mass is 35.5. The van der Waals surface area contributed by atoms with Crippen LogP contribution in [0.3, 0.4) is 0 Å². The van der Waals surface area contributed by atoms with Crippen molar-refractivity contribution in [1.82, 2.24) is 9.55 Å². The molecule has 0 N–H and O–H groups in total. The lowest BCUT2D eigenvalue weighted by Crippen LogP contribution is -2.08. The first-order valence-electron chi connectivity index (χ1n) is 8.74. The van der Waals surface area contributed by atoms with Crippen LogP contribution in [0, 0.1) is 18.3 Å². The monoisotopic (exact) mass is 323 g/mol. The molecule has 0 aromatic carbocycles. The van der Waals surface area contributed by atoms with E-state index in [9.17, 15) is 0 Å². The number of rotatable bonds is 11. The standard InChI is InChI=1S/C18H30ClN3/c1-4-5-6-7-8-9-10-11-12-13-17-21-16(3)18(19)22(17)15(2)14-20/h15H,4-13H2,1-3H3. The van der Waals surface area contributed by atoms with Crippen LogP contribution in [0.2, 0.25) is 5.15 Å². The number of unbranched alkanes of at least 4 members (excludes halogenated alkanes) is 8. The summed E-state index contributed by atoms with van der Waals surface area (Å²) in [4.78, 5) is 4.53. The molecule has 1 aromatic rings. The Morgan fingerprint density at radius 3 is 2.18 bits per heavy atom. The normalized spacial score (nSPS) is 12.3. The van der Waals surface area contributed by atoms with Crippen molar-refractivity contribution in [3.05, 3.63) is 16.7 Å². The fourth-order valence-corrected chi connectivity index (χ4v) is 3.09. The maximum absolute atomic E-state index is 9.12. The quantitative estimate of drug-likeness (QED) is 0.468. The molecule has 3 nitrogen and oxygen atoms in total. The van der Waals surface area contributed by atoms with Gasteiger partial charge in [0.15, 0.2) is 0 Å². The minimum Gasteiger partial charge on any atom is -0.302 e. The predicted molar refractivity (Wildman–Crippen MR) is 93.2 cm³/mol. The third-order valence-electron chi connectivity index (χ3n) is 4.16. The van der Waals surface area contributed by atoms with Crippen LogP contribution in [0.4, 0.5) is 0 Å². The summed E-state index contributed by atoms with van der Waals surface area (Å²) in [6.07, 6.45) is 12.7. The summed E-state index contributed by atoms with van der Waals surface area (Å²) in [7, 11) is 0. The van der Waals surface area contributed by atoms with Crippen LogP contribution < -0.4 is 0 Å². The van der Waals surface area contributed by atoms with E-state index < -0.39 is 0 Å². The van der Waals surface area contributed by atoms with E-state index in [1.54, 1.807) is 0 Å². The molecule has 0 bridgehead atoms. The van der Waals surface area contributed by atoms with Gasteiger partial charge in [-0.2, -0.15) is 5.26 Å². The Morgan fingerprint density at radius 1 is 1.09 bits per heavy atom. The van der Waals surface area contributed by atoms with Gasteiger partial charge in [-0.25, -0.2) is 4.98 Å². The summed E-state index contributed by atoms with van der Waals surface area (Å²) in [5.41, 5.74) is 0.828. The van der Waals surface area contributed by atoms with Crippen LogP contribution in [0.25, 0.3) is 0 Å². The zero-order valence-corrected chi connectivity index (χ0v) is 15.1. The van der Waals surface area contributed by atoms with Gasteiger partial charge in [-0.1, -0.05) is 69.9 Å². The van der Waals surface area contributed by atoms with E-state index in [1.165, 1.54) is 51.4 Å². The first kappa shape index (κ1) is 19.0. The van der Waals surface area contributed by atoms with Crippen molar-refractivity contribution < 1.29 is 0 Å². The molecule has 1 aromatic heterocycles. The van der Waals surface area contributed by atoms with Crippen molar-refractivity contribution in [3.8, 4) is 6.07 Å². The minimum absolute atomic E-state index is 0.248. The summed E-state index contributed by atoms with van der Waals surface area (Å²) in [5.74, 6) is 0.958. The smallest absolute Gasteiger partial charge is 0.132 e. The molecular formula is C18H30ClN3. The average Bonchev–Trinajstić information content (AvgIpc) is 2.79. The predicted octanol–water partition coefficient (Wildman–Crippen LogP) is 6.00. The van der Waals surface area contributed by atoms with E-state index in [2.05, 4.69) is 18.0 Å². The first-order chi connectivity index (χ1) is 10.6. The van der Waals surface area contributed by atoms with Gasteiger partial charge in [0.1, 0.15) is 17.0 Å². The average molecular weight is 324 g/mol. The lowest BCUT2D eigenvalue weighted by Gasteiger charge is -2.10. The fourth-order valence-electron chi connectivity index (χ4n) is 2.80. The molecule has 0 aliphatic heterocycles. The molecule has 1 atom stereocenters. The van der Waals surface area contributed by atoms with Gasteiger partial charge in [0.25, 0.3) is 0 Å². The van der Waals surface area contributed by atoms with Crippen LogP contribution in [0.15, 0.2) is 0 Å². The minimum atomic E-state index is -0.248. The number of aromatic nitrogens is 2. The van der Waals surface area contributed by atoms with Gasteiger partial charge in [0, 0.05) is 6.42 Å². The second-order valence-corrected chi connectivity index (χ2v) is 6.52. The third kappa shape index (κ3) is 6.01. The third-order valence-corrected chi connectivity index (χ3v) is 4.62. The van der Waals surface area contributed by atoms with Crippen LogP contribution >= 0.6 is 11.6 Å². The zero-order valence-electron chi connectivity index (χ0n) is 14.4. The van der Waals surface area contributed by atoms with E-state index >= 15 is 0 Å². The van der Waals surface area contributed by atoms with Crippen molar-refractivity contribution in [2.24, 2.45) is 0 Å². The fraction of sp³-hybridized carbons (Fsp3) is 0.778. The zero-order chi connectivity index (χ0) is 16.4. The largest absolute Gasteiger partial charge is 0.302 e. The number of halogens is 1. The second kappa shape index (κ2) is 10.7. The van der Waals surface area contributed by atoms with Gasteiger partial charge in [-0.15, -0.1) is 0 Å². The Labute approximate surface area is 140 Å². The van der Waals surface area contributed by atoms with Crippen molar-refractivity contribution in [3.63, 3.8) is 0 Å². The summed E-state index contributed by atoms with van der Waals surface area (Å²) in [6.45, 7) is 6.03. The summed E-state index contributed by atoms with van der Waals surface area (Å²) >= 11 is 6.26. The molecule has 0 aliphatic carbocycles. The van der Waals surface area contributed by atoms with E-state index in [1.807, 2.05) is 18.4 Å². The van der Waals surface area contributed by atoms with Gasteiger partial charge in [0.05, 0.1) is 11.8 Å². The maximum Gasteiger partial charge on any atom is 0.132 e. The number of imidazole rings is 1. The van der Waals surface area contributed by atoms with Crippen LogP contribution in [-0.2, 0) is 6.42 Å². The molecule has 0 fully saturated rings. The number of hydrogen-bond donors (Lipinski definition) is 0. The molecule has 0 aliphatic rings. The lowest BCUT2D eigenvalue weighted by molar-refractivity contribution is 0.552. The molecule has 124 valence electrons. The highest BCUT2D eigenvalue weighted by molar-refractivity contribution is 6.30. The van der Waals surface area contributed by atoms with Crippen LogP contribution in [-0.4, -0.2) is 9.55 Å². The number of nitrogens with zero attached hydrogens (tertiary/aromatic N) is 3. The Bertz CT molecular complexity index is 473. The molecule has 0 amide bonds. The Hall–Kier alpha value is -1.01. The van der Waals surface area contributed by atoms with Crippen molar-refractivity contribution in [2.45, 2.75) is 91.0 Å². The highest BCUT2D eigenvalue weighted by Gasteiger charge is 2.16. The van der Waals surface area contributed by atoms with Gasteiger partial charge >= 0.3 is 0 Å². The molecule has 0 saturated carbocycles. The van der Waals surface area contributed by atoms with E-state index in [4.69, 9.17) is 16.9 Å². The van der Waals surface area contributed by atoms with Crippen LogP contribution in [0.5, 0.6) is 0 Å². The van der Waals surface area contributed by atoms with E-state index in [0.29, 0.717) is 5.15 Å². The number of hydrogen-bond acceptors (Lipinski definition) is 2. The van der Waals surface area contributed by atoms with Gasteiger partial charge < -0.3 is 4.57 Å². The number of nitriles is 1. The molecule has 0 radical (unpaired) electrons. The second-order valence-electron chi connectivity index (χ2n) is 6.16. The molecule has 1 heterocycles. The van der Waals surface area contributed by atoms with Gasteiger partial charge in [0.2, 0.25) is 0 Å². The Balaban J connectivity index is 2.28. The van der Waals surface area contributed by atoms with Crippen molar-refractivity contribution in [1.29, 1.82) is 5.26 Å². The van der Waals surface area contributed by atoms with Crippen molar-refractivity contribution in [2.75, 3.05) is 0 Å². The summed E-state index contributed by atoms with van der Waals surface area (Å²) in [6, 6.07) is 2.00. The molecular weight excluding hydrogens is 294 g/mol. The molecule has 4 heteroatoms. The summed E-state index contributed by atoms with van der Waals surface area (Å²) in [5, 5.41) is 9.73. The van der Waals surface area contributed by atoms with Crippen LogP contribution in [0.1, 0.15) is 89.2 Å². The topological polar surface area (TPSA) is 41.6 Å². The first-order valence-corrected chi connectivity index (χ1v) is 9.12. The highest BCUT2D eigenvalue weighted by Crippen LogP contribution is 2.23. The molecule has 1 unspecified atom stereocenters. The van der Waals surface area contributed by atoms with Crippen molar-refractivity contribution >= 4 is 11.6 Å². The molecule has 1 rings (SSSR count). The maximum atomic E-state index is 9.12. The molecule has 22 heavy (non-hydrogen) atoms. The number of aryl methyl sites for hydroxylation is 2. The van der Waals surface area contributed by atoms with E-state index in [0.717, 1.165) is 24.4 Å². The Morgan fingerprint density at radius 2 is 1.64 bits per heavy atom. The summed E-state index contributed by atoms with van der Waals surface area (Å²) < 4.78 is 1.88. The molecule has 0 saturated heterocycles. The Kier molecular flexibility index (Phi) is 9.24. The molecule has 0 spiro atoms. The van der Waals surface area contributed by atoms with Gasteiger partial charge in [-0.3, -0.25) is 0 Å². The lowest BCUT2D eigenvalue weighted by atomic mass is 10.1. The SMILES string of the molecule is CCCCCCCCCCCc1nc(C)c(Cl)n1C(C)C#N.